The predicted molar refractivity (Wildman–Crippen MR) is 128 cm³/mol. The minimum absolute atomic E-state index is 0. The summed E-state index contributed by atoms with van der Waals surface area (Å²) in [6, 6.07) is 16.1. The lowest BCUT2D eigenvalue weighted by Gasteiger charge is -2.16. The maximum absolute atomic E-state index is 11.8. The molecule has 156 valence electrons. The molecule has 0 bridgehead atoms. The number of hydrogen-bond donors (Lipinski definition) is 2. The topological polar surface area (TPSA) is 66.0 Å². The molecule has 1 amide bonds. The Morgan fingerprint density at radius 1 is 1.14 bits per heavy atom. The Morgan fingerprint density at radius 3 is 2.55 bits per heavy atom. The van der Waals surface area contributed by atoms with Gasteiger partial charge in [-0.05, 0) is 42.7 Å². The minimum Gasteiger partial charge on any atom is -0.491 e. The molecule has 2 aromatic carbocycles. The van der Waals surface area contributed by atoms with Crippen LogP contribution in [0.2, 0.25) is 0 Å². The molecule has 0 aromatic heterocycles. The van der Waals surface area contributed by atoms with Crippen molar-refractivity contribution < 1.29 is 9.53 Å². The minimum atomic E-state index is 0. The summed E-state index contributed by atoms with van der Waals surface area (Å²) in [6.45, 7) is 4.73. The Labute approximate surface area is 189 Å². The molecule has 0 radical (unpaired) electrons. The van der Waals surface area contributed by atoms with Crippen LogP contribution in [0.3, 0.4) is 0 Å². The number of anilines is 1. The van der Waals surface area contributed by atoms with E-state index in [0.717, 1.165) is 41.5 Å². The van der Waals surface area contributed by atoms with Crippen molar-refractivity contribution in [3.8, 4) is 5.75 Å². The van der Waals surface area contributed by atoms with Crippen molar-refractivity contribution in [2.75, 3.05) is 31.6 Å². The molecule has 1 heterocycles. The first kappa shape index (κ1) is 23.0. The second-order valence-electron chi connectivity index (χ2n) is 6.78. The number of carbonyl (C=O) groups is 1. The van der Waals surface area contributed by atoms with Crippen molar-refractivity contribution in [3.05, 3.63) is 59.7 Å². The average molecular weight is 508 g/mol. The van der Waals surface area contributed by atoms with Gasteiger partial charge in [-0.3, -0.25) is 9.79 Å². The zero-order chi connectivity index (χ0) is 19.8. The number of carbonyl (C=O) groups excluding carboxylic acids is 1. The van der Waals surface area contributed by atoms with Crippen LogP contribution in [0.25, 0.3) is 0 Å². The van der Waals surface area contributed by atoms with Crippen molar-refractivity contribution in [2.24, 2.45) is 4.99 Å². The predicted octanol–water partition coefficient (Wildman–Crippen LogP) is 3.48. The van der Waals surface area contributed by atoms with Gasteiger partial charge in [0.25, 0.3) is 0 Å². The molecule has 7 heteroatoms. The van der Waals surface area contributed by atoms with Gasteiger partial charge in [0, 0.05) is 32.2 Å². The molecule has 0 atom stereocenters. The van der Waals surface area contributed by atoms with Crippen molar-refractivity contribution in [1.82, 2.24) is 10.6 Å². The van der Waals surface area contributed by atoms with Crippen molar-refractivity contribution >= 4 is 41.5 Å². The zero-order valence-electron chi connectivity index (χ0n) is 17.0. The lowest BCUT2D eigenvalue weighted by Crippen LogP contribution is -2.38. The smallest absolute Gasteiger partial charge is 0.227 e. The standard InChI is InChI=1S/C22H28N4O2.HI/c1-17-6-3-4-7-20(17)28-15-13-24-22(23-2)25-16-18-9-11-19(12-10-18)26-14-5-8-21(26)27;/h3-4,6-7,9-12H,5,8,13-16H2,1-2H3,(H2,23,24,25);1H. The number of nitrogens with one attached hydrogen (secondary N) is 2. The highest BCUT2D eigenvalue weighted by Gasteiger charge is 2.21. The summed E-state index contributed by atoms with van der Waals surface area (Å²) < 4.78 is 5.79. The summed E-state index contributed by atoms with van der Waals surface area (Å²) >= 11 is 0. The molecule has 0 aliphatic carbocycles. The van der Waals surface area contributed by atoms with Crippen LogP contribution in [-0.4, -0.2) is 38.6 Å². The van der Waals surface area contributed by atoms with E-state index in [4.69, 9.17) is 4.74 Å². The third-order valence-electron chi connectivity index (χ3n) is 4.75. The van der Waals surface area contributed by atoms with Gasteiger partial charge in [-0.1, -0.05) is 30.3 Å². The van der Waals surface area contributed by atoms with Gasteiger partial charge in [0.2, 0.25) is 5.91 Å². The molecule has 6 nitrogen and oxygen atoms in total. The van der Waals surface area contributed by atoms with Gasteiger partial charge in [-0.25, -0.2) is 0 Å². The Kier molecular flexibility index (Phi) is 9.24. The number of ether oxygens (including phenoxy) is 1. The number of amides is 1. The Hall–Kier alpha value is -2.29. The van der Waals surface area contributed by atoms with Crippen LogP contribution >= 0.6 is 24.0 Å². The van der Waals surface area contributed by atoms with Crippen molar-refractivity contribution in [1.29, 1.82) is 0 Å². The Bertz CT molecular complexity index is 824. The van der Waals surface area contributed by atoms with E-state index in [1.54, 1.807) is 7.05 Å². The number of halogens is 1. The fourth-order valence-corrected chi connectivity index (χ4v) is 3.17. The molecule has 0 unspecified atom stereocenters. The summed E-state index contributed by atoms with van der Waals surface area (Å²) in [4.78, 5) is 17.9. The molecule has 1 aliphatic heterocycles. The van der Waals surface area contributed by atoms with Crippen LogP contribution in [-0.2, 0) is 11.3 Å². The molecule has 29 heavy (non-hydrogen) atoms. The number of nitrogens with zero attached hydrogens (tertiary/aromatic N) is 2. The van der Waals surface area contributed by atoms with E-state index in [1.807, 2.05) is 60.4 Å². The SMILES string of the molecule is CN=C(NCCOc1ccccc1C)NCc1ccc(N2CCCC2=O)cc1.I. The van der Waals surface area contributed by atoms with E-state index in [0.29, 0.717) is 26.1 Å². The lowest BCUT2D eigenvalue weighted by molar-refractivity contribution is -0.117. The average Bonchev–Trinajstić information content (AvgIpc) is 3.15. The number of aliphatic imine (C=N–C) groups is 1. The fraction of sp³-hybridized carbons (Fsp3) is 0.364. The summed E-state index contributed by atoms with van der Waals surface area (Å²) in [6.07, 6.45) is 1.59. The monoisotopic (exact) mass is 508 g/mol. The Morgan fingerprint density at radius 2 is 1.90 bits per heavy atom. The van der Waals surface area contributed by atoms with E-state index in [9.17, 15) is 4.79 Å². The van der Waals surface area contributed by atoms with Crippen LogP contribution < -0.4 is 20.3 Å². The second-order valence-corrected chi connectivity index (χ2v) is 6.78. The summed E-state index contributed by atoms with van der Waals surface area (Å²) in [7, 11) is 1.75. The number of para-hydroxylation sites is 1. The number of guanidine groups is 1. The number of benzene rings is 2. The van der Waals surface area contributed by atoms with Gasteiger partial charge < -0.3 is 20.3 Å². The van der Waals surface area contributed by atoms with Gasteiger partial charge in [0.1, 0.15) is 12.4 Å². The molecule has 1 fully saturated rings. The van der Waals surface area contributed by atoms with Crippen LogP contribution in [0.5, 0.6) is 5.75 Å². The highest BCUT2D eigenvalue weighted by molar-refractivity contribution is 14.0. The first-order valence-corrected chi connectivity index (χ1v) is 9.69. The first-order chi connectivity index (χ1) is 13.7. The van der Waals surface area contributed by atoms with Gasteiger partial charge in [-0.2, -0.15) is 0 Å². The quantitative estimate of drug-likeness (QED) is 0.260. The number of rotatable bonds is 7. The van der Waals surface area contributed by atoms with Gasteiger partial charge in [0.15, 0.2) is 5.96 Å². The third-order valence-corrected chi connectivity index (χ3v) is 4.75. The molecule has 1 saturated heterocycles. The van der Waals surface area contributed by atoms with Crippen molar-refractivity contribution in [2.45, 2.75) is 26.3 Å². The fourth-order valence-electron chi connectivity index (χ4n) is 3.17. The highest BCUT2D eigenvalue weighted by atomic mass is 127. The zero-order valence-corrected chi connectivity index (χ0v) is 19.3. The van der Waals surface area contributed by atoms with E-state index >= 15 is 0 Å². The van der Waals surface area contributed by atoms with Gasteiger partial charge >= 0.3 is 0 Å². The molecule has 0 spiro atoms. The molecule has 2 N–H and O–H groups in total. The molecule has 1 aliphatic rings. The second kappa shape index (κ2) is 11.6. The van der Waals surface area contributed by atoms with E-state index in [2.05, 4.69) is 15.6 Å². The molecule has 2 aromatic rings. The molecular weight excluding hydrogens is 479 g/mol. The highest BCUT2D eigenvalue weighted by Crippen LogP contribution is 2.21. The van der Waals surface area contributed by atoms with E-state index in [1.165, 1.54) is 0 Å². The van der Waals surface area contributed by atoms with E-state index < -0.39 is 0 Å². The third kappa shape index (κ3) is 6.62. The summed E-state index contributed by atoms with van der Waals surface area (Å²) in [5.41, 5.74) is 3.24. The van der Waals surface area contributed by atoms with Gasteiger partial charge in [-0.15, -0.1) is 24.0 Å². The summed E-state index contributed by atoms with van der Waals surface area (Å²) in [5, 5.41) is 6.55. The van der Waals surface area contributed by atoms with E-state index in [-0.39, 0.29) is 29.9 Å². The maximum Gasteiger partial charge on any atom is 0.227 e. The molecular formula is C22H29IN4O2. The largest absolute Gasteiger partial charge is 0.491 e. The molecule has 0 saturated carbocycles. The van der Waals surface area contributed by atoms with Crippen LogP contribution in [0, 0.1) is 6.92 Å². The number of hydrogen-bond acceptors (Lipinski definition) is 3. The number of aryl methyl sites for hydroxylation is 1. The first-order valence-electron chi connectivity index (χ1n) is 9.69. The van der Waals surface area contributed by atoms with Crippen LogP contribution in [0.15, 0.2) is 53.5 Å². The van der Waals surface area contributed by atoms with Crippen molar-refractivity contribution in [3.63, 3.8) is 0 Å². The lowest BCUT2D eigenvalue weighted by atomic mass is 10.2. The normalized spacial score (nSPS) is 13.8. The van der Waals surface area contributed by atoms with Gasteiger partial charge in [0.05, 0.1) is 6.54 Å². The Balaban J connectivity index is 0.00000300. The van der Waals surface area contributed by atoms with Crippen LogP contribution in [0.4, 0.5) is 5.69 Å². The molecule has 3 rings (SSSR count). The summed E-state index contributed by atoms with van der Waals surface area (Å²) in [5.74, 6) is 1.85. The maximum atomic E-state index is 11.8. The van der Waals surface area contributed by atoms with Crippen LogP contribution in [0.1, 0.15) is 24.0 Å².